The largest absolute Gasteiger partial charge is 0.507 e. The Hall–Kier alpha value is -2.57. The number of nitrogens with two attached hydrogens (primary N) is 1. The Balaban J connectivity index is 2.98. The van der Waals surface area contributed by atoms with Crippen LogP contribution < -0.4 is 11.2 Å². The van der Waals surface area contributed by atoms with Gasteiger partial charge in [0.15, 0.2) is 0 Å². The number of carbonyl (C=O) groups excluding carboxylic acids is 3. The van der Waals surface area contributed by atoms with Crippen LogP contribution >= 0.6 is 0 Å². The van der Waals surface area contributed by atoms with Crippen LogP contribution in [0.1, 0.15) is 64.7 Å². The third-order valence-corrected chi connectivity index (χ3v) is 3.88. The fourth-order valence-electron chi connectivity index (χ4n) is 2.43. The van der Waals surface area contributed by atoms with E-state index in [2.05, 4.69) is 4.84 Å². The summed E-state index contributed by atoms with van der Waals surface area (Å²) in [5, 5.41) is 10.7. The summed E-state index contributed by atoms with van der Waals surface area (Å²) in [6, 6.07) is 3.75. The fourth-order valence-corrected chi connectivity index (χ4v) is 2.43. The van der Waals surface area contributed by atoms with Gasteiger partial charge < -0.3 is 15.7 Å². The molecule has 0 aliphatic rings. The van der Waals surface area contributed by atoms with Crippen LogP contribution in [0, 0.1) is 0 Å². The van der Waals surface area contributed by atoms with E-state index in [9.17, 15) is 19.5 Å². The van der Waals surface area contributed by atoms with Gasteiger partial charge in [-0.25, -0.2) is 4.79 Å². The maximum absolute atomic E-state index is 11.7. The normalized spacial score (nSPS) is 11.8. The van der Waals surface area contributed by atoms with Crippen LogP contribution in [0.5, 0.6) is 5.75 Å². The van der Waals surface area contributed by atoms with Crippen LogP contribution in [0.25, 0.3) is 0 Å². The molecule has 1 rings (SSSR count). The van der Waals surface area contributed by atoms with Gasteiger partial charge in [-0.15, -0.1) is 0 Å². The molecule has 144 valence electrons. The van der Waals surface area contributed by atoms with E-state index in [0.717, 1.165) is 16.7 Å². The van der Waals surface area contributed by atoms with E-state index in [4.69, 9.17) is 5.73 Å². The number of nitrogens with one attached hydrogen (secondary N) is 1. The topological polar surface area (TPSA) is 119 Å². The fraction of sp³-hybridized carbons (Fsp3) is 0.526. The molecule has 0 bridgehead atoms. The second kappa shape index (κ2) is 7.76. The van der Waals surface area contributed by atoms with Crippen molar-refractivity contribution in [2.24, 2.45) is 5.73 Å². The van der Waals surface area contributed by atoms with Gasteiger partial charge in [-0.3, -0.25) is 9.59 Å². The SMILES string of the molecule is CC(C)(C)c1cc(CCC(=O)ONC(=O)C(N)=O)cc(C(C)(C)C)c1O. The van der Waals surface area contributed by atoms with Crippen molar-refractivity contribution >= 4 is 17.8 Å². The molecule has 0 unspecified atom stereocenters. The minimum absolute atomic E-state index is 0.00299. The summed E-state index contributed by atoms with van der Waals surface area (Å²) in [4.78, 5) is 37.8. The lowest BCUT2D eigenvalue weighted by Crippen LogP contribution is -2.37. The molecular formula is C19H28N2O5. The first-order valence-corrected chi connectivity index (χ1v) is 8.39. The first-order valence-electron chi connectivity index (χ1n) is 8.39. The third kappa shape index (κ3) is 5.75. The molecular weight excluding hydrogens is 336 g/mol. The van der Waals surface area contributed by atoms with E-state index < -0.39 is 17.8 Å². The van der Waals surface area contributed by atoms with Gasteiger partial charge >= 0.3 is 17.8 Å². The Morgan fingerprint density at radius 2 is 1.50 bits per heavy atom. The predicted octanol–water partition coefficient (Wildman–Crippen LogP) is 1.98. The van der Waals surface area contributed by atoms with Gasteiger partial charge in [0, 0.05) is 0 Å². The zero-order chi connectivity index (χ0) is 20.3. The van der Waals surface area contributed by atoms with Crippen molar-refractivity contribution < 1.29 is 24.3 Å². The molecule has 7 heteroatoms. The van der Waals surface area contributed by atoms with Crippen LogP contribution in [0.15, 0.2) is 12.1 Å². The number of hydrogen-bond donors (Lipinski definition) is 3. The Morgan fingerprint density at radius 1 is 1.04 bits per heavy atom. The van der Waals surface area contributed by atoms with Crippen molar-refractivity contribution in [2.75, 3.05) is 0 Å². The minimum Gasteiger partial charge on any atom is -0.507 e. The number of primary amides is 1. The number of hydroxylamine groups is 1. The lowest BCUT2D eigenvalue weighted by atomic mass is 9.78. The van der Waals surface area contributed by atoms with E-state index in [1.807, 2.05) is 53.7 Å². The standard InChI is InChI=1S/C19H28N2O5/c1-18(2,3)12-9-11(10-13(15(12)23)19(4,5)6)7-8-14(22)26-21-17(25)16(20)24/h9-10,23H,7-8H2,1-6H3,(H2,20,24)(H,21,25). The summed E-state index contributed by atoms with van der Waals surface area (Å²) >= 11 is 0. The second-order valence-electron chi connectivity index (χ2n) is 8.31. The highest BCUT2D eigenvalue weighted by molar-refractivity contribution is 6.34. The Bertz CT molecular complexity index is 677. The Morgan fingerprint density at radius 3 is 1.88 bits per heavy atom. The number of hydrogen-bond acceptors (Lipinski definition) is 5. The maximum Gasteiger partial charge on any atom is 0.341 e. The van der Waals surface area contributed by atoms with Gasteiger partial charge in [0.2, 0.25) is 0 Å². The van der Waals surface area contributed by atoms with Crippen molar-refractivity contribution in [3.05, 3.63) is 28.8 Å². The van der Waals surface area contributed by atoms with Crippen LogP contribution in [0.3, 0.4) is 0 Å². The molecule has 0 atom stereocenters. The van der Waals surface area contributed by atoms with Crippen LogP contribution in [0.2, 0.25) is 0 Å². The molecule has 0 aromatic heterocycles. The zero-order valence-electron chi connectivity index (χ0n) is 16.2. The van der Waals surface area contributed by atoms with Gasteiger partial charge in [-0.2, -0.15) is 5.48 Å². The van der Waals surface area contributed by atoms with Crippen molar-refractivity contribution in [3.8, 4) is 5.75 Å². The number of benzene rings is 1. The average Bonchev–Trinajstić information content (AvgIpc) is 2.48. The van der Waals surface area contributed by atoms with E-state index in [-0.39, 0.29) is 23.0 Å². The summed E-state index contributed by atoms with van der Waals surface area (Å²) in [5.41, 5.74) is 8.38. The highest BCUT2D eigenvalue weighted by Gasteiger charge is 2.26. The monoisotopic (exact) mass is 364 g/mol. The van der Waals surface area contributed by atoms with Crippen LogP contribution in [-0.2, 0) is 36.5 Å². The molecule has 7 nitrogen and oxygen atoms in total. The van der Waals surface area contributed by atoms with Gasteiger partial charge in [0.25, 0.3) is 0 Å². The van der Waals surface area contributed by atoms with Gasteiger partial charge in [-0.1, -0.05) is 53.7 Å². The molecule has 26 heavy (non-hydrogen) atoms. The van der Waals surface area contributed by atoms with Crippen molar-refractivity contribution in [2.45, 2.75) is 65.2 Å². The number of aryl methyl sites for hydroxylation is 1. The lowest BCUT2D eigenvalue weighted by molar-refractivity contribution is -0.160. The molecule has 2 amide bonds. The third-order valence-electron chi connectivity index (χ3n) is 3.88. The Kier molecular flexibility index (Phi) is 6.41. The number of aromatic hydroxyl groups is 1. The minimum atomic E-state index is -1.24. The molecule has 0 aliphatic heterocycles. The average molecular weight is 364 g/mol. The first kappa shape index (κ1) is 21.5. The number of carbonyl (C=O) groups is 3. The zero-order valence-corrected chi connectivity index (χ0v) is 16.2. The summed E-state index contributed by atoms with van der Waals surface area (Å²) in [6.45, 7) is 12.0. The molecule has 0 radical (unpaired) electrons. The number of rotatable bonds is 3. The van der Waals surface area contributed by atoms with Crippen LogP contribution in [-0.4, -0.2) is 22.9 Å². The summed E-state index contributed by atoms with van der Waals surface area (Å²) < 4.78 is 0. The lowest BCUT2D eigenvalue weighted by Gasteiger charge is -2.28. The van der Waals surface area contributed by atoms with Crippen LogP contribution in [0.4, 0.5) is 0 Å². The molecule has 0 spiro atoms. The quantitative estimate of drug-likeness (QED) is 0.560. The van der Waals surface area contributed by atoms with E-state index in [0.29, 0.717) is 6.42 Å². The molecule has 0 fully saturated rings. The van der Waals surface area contributed by atoms with Crippen molar-refractivity contribution in [1.29, 1.82) is 0 Å². The highest BCUT2D eigenvalue weighted by atomic mass is 16.7. The summed E-state index contributed by atoms with van der Waals surface area (Å²) in [5.74, 6) is -2.85. The Labute approximate surface area is 153 Å². The molecule has 0 heterocycles. The second-order valence-corrected chi connectivity index (χ2v) is 8.31. The molecule has 1 aromatic rings. The van der Waals surface area contributed by atoms with Gasteiger partial charge in [0.1, 0.15) is 5.75 Å². The molecule has 4 N–H and O–H groups in total. The van der Waals surface area contributed by atoms with E-state index in [1.165, 1.54) is 0 Å². The predicted molar refractivity (Wildman–Crippen MR) is 97.3 cm³/mol. The van der Waals surface area contributed by atoms with Crippen molar-refractivity contribution in [3.63, 3.8) is 0 Å². The molecule has 0 aliphatic carbocycles. The molecule has 1 aromatic carbocycles. The molecule has 0 saturated heterocycles. The number of amides is 2. The maximum atomic E-state index is 11.7. The first-order chi connectivity index (χ1) is 11.7. The van der Waals surface area contributed by atoms with Crippen molar-refractivity contribution in [1.82, 2.24) is 5.48 Å². The summed E-state index contributed by atoms with van der Waals surface area (Å²) in [7, 11) is 0. The summed E-state index contributed by atoms with van der Waals surface area (Å²) in [6.07, 6.45) is 0.356. The highest BCUT2D eigenvalue weighted by Crippen LogP contribution is 2.39. The van der Waals surface area contributed by atoms with E-state index >= 15 is 0 Å². The van der Waals surface area contributed by atoms with E-state index in [1.54, 1.807) is 5.48 Å². The molecule has 0 saturated carbocycles. The number of phenols is 1. The smallest absolute Gasteiger partial charge is 0.341 e. The number of phenolic OH excluding ortho intramolecular Hbond substituents is 1. The van der Waals surface area contributed by atoms with Gasteiger partial charge in [-0.05, 0) is 33.9 Å². The van der Waals surface area contributed by atoms with Gasteiger partial charge in [0.05, 0.1) is 6.42 Å².